The van der Waals surface area contributed by atoms with Crippen LogP contribution in [0.5, 0.6) is 11.5 Å². The first kappa shape index (κ1) is 20.4. The minimum Gasteiger partial charge on any atom is -0.497 e. The first-order valence-corrected chi connectivity index (χ1v) is 9.82. The predicted molar refractivity (Wildman–Crippen MR) is 119 cm³/mol. The van der Waals surface area contributed by atoms with E-state index in [1.54, 1.807) is 20.3 Å². The number of ether oxygens (including phenoxy) is 2. The molecule has 31 heavy (non-hydrogen) atoms. The van der Waals surface area contributed by atoms with Gasteiger partial charge in [0, 0.05) is 40.8 Å². The van der Waals surface area contributed by atoms with Crippen molar-refractivity contribution in [1.29, 1.82) is 0 Å². The molecule has 7 nitrogen and oxygen atoms in total. The van der Waals surface area contributed by atoms with Gasteiger partial charge in [0.15, 0.2) is 5.78 Å². The van der Waals surface area contributed by atoms with Gasteiger partial charge in [-0.05, 0) is 43.3 Å². The van der Waals surface area contributed by atoms with Crippen molar-refractivity contribution in [3.63, 3.8) is 0 Å². The van der Waals surface area contributed by atoms with E-state index >= 15 is 0 Å². The molecule has 0 spiro atoms. The number of carbonyl (C=O) groups excluding carboxylic acids is 1. The molecule has 158 valence electrons. The number of hydrogen-bond donors (Lipinski definition) is 0. The molecule has 4 aromatic rings. The Morgan fingerprint density at radius 3 is 2.55 bits per heavy atom. The number of nitrogens with zero attached hydrogens (tertiary/aromatic N) is 3. The minimum atomic E-state index is -0.345. The molecule has 7 heteroatoms. The number of ketones is 1. The maximum absolute atomic E-state index is 13.3. The lowest BCUT2D eigenvalue weighted by Crippen LogP contribution is -2.26. The van der Waals surface area contributed by atoms with E-state index in [0.29, 0.717) is 22.8 Å². The average Bonchev–Trinajstić information content (AvgIpc) is 3.04. The van der Waals surface area contributed by atoms with E-state index in [1.165, 1.54) is 10.7 Å². The van der Waals surface area contributed by atoms with Crippen LogP contribution >= 0.6 is 0 Å². The minimum absolute atomic E-state index is 0.168. The Kier molecular flexibility index (Phi) is 5.33. The second-order valence-corrected chi connectivity index (χ2v) is 7.24. The van der Waals surface area contributed by atoms with Gasteiger partial charge in [0.1, 0.15) is 18.0 Å². The molecule has 0 aliphatic rings. The maximum Gasteiger partial charge on any atom is 0.267 e. The van der Waals surface area contributed by atoms with E-state index in [9.17, 15) is 9.59 Å². The summed E-state index contributed by atoms with van der Waals surface area (Å²) in [5.74, 6) is 1.12. The van der Waals surface area contributed by atoms with Crippen molar-refractivity contribution in [3.8, 4) is 22.8 Å². The van der Waals surface area contributed by atoms with Crippen LogP contribution in [0, 0.1) is 6.92 Å². The Bertz CT molecular complexity index is 1350. The van der Waals surface area contributed by atoms with Crippen molar-refractivity contribution in [2.24, 2.45) is 7.05 Å². The third-order valence-electron chi connectivity index (χ3n) is 5.52. The molecule has 0 N–H and O–H groups in total. The number of Topliss-reactive ketones (excluding diaryl/α,β-unsaturated/α-hetero) is 1. The van der Waals surface area contributed by atoms with Gasteiger partial charge in [-0.25, -0.2) is 4.68 Å². The lowest BCUT2D eigenvalue weighted by atomic mass is 10.1. The number of benzene rings is 2. The number of fused-ring (bicyclic) bond motifs is 1. The second kappa shape index (κ2) is 8.10. The summed E-state index contributed by atoms with van der Waals surface area (Å²) in [4.78, 5) is 25.8. The Labute approximate surface area is 179 Å². The number of carbonyl (C=O) groups is 1. The van der Waals surface area contributed by atoms with Crippen molar-refractivity contribution in [1.82, 2.24) is 14.3 Å². The van der Waals surface area contributed by atoms with E-state index in [2.05, 4.69) is 5.10 Å². The highest BCUT2D eigenvalue weighted by Gasteiger charge is 2.20. The quantitative estimate of drug-likeness (QED) is 0.448. The average molecular weight is 417 g/mol. The highest BCUT2D eigenvalue weighted by atomic mass is 16.5. The Morgan fingerprint density at radius 2 is 1.81 bits per heavy atom. The first-order chi connectivity index (χ1) is 14.9. The van der Waals surface area contributed by atoms with Gasteiger partial charge >= 0.3 is 0 Å². The number of para-hydroxylation sites is 1. The molecule has 0 atom stereocenters. The summed E-state index contributed by atoms with van der Waals surface area (Å²) in [6.07, 6.45) is 0. The molecular weight excluding hydrogens is 394 g/mol. The Morgan fingerprint density at radius 1 is 1.03 bits per heavy atom. The molecule has 0 unspecified atom stereocenters. The topological polar surface area (TPSA) is 75.4 Å². The number of aromatic nitrogens is 3. The van der Waals surface area contributed by atoms with Crippen molar-refractivity contribution in [3.05, 3.63) is 76.2 Å². The fourth-order valence-electron chi connectivity index (χ4n) is 3.81. The molecule has 0 fully saturated rings. The molecular formula is C24H23N3O4. The van der Waals surface area contributed by atoms with Crippen molar-refractivity contribution >= 4 is 16.7 Å². The van der Waals surface area contributed by atoms with Crippen LogP contribution in [-0.2, 0) is 13.6 Å². The molecule has 0 aliphatic heterocycles. The zero-order chi connectivity index (χ0) is 22.1. The third kappa shape index (κ3) is 3.59. The van der Waals surface area contributed by atoms with Crippen molar-refractivity contribution < 1.29 is 14.3 Å². The number of methoxy groups -OCH3 is 2. The highest BCUT2D eigenvalue weighted by Crippen LogP contribution is 2.30. The molecule has 0 saturated heterocycles. The molecule has 4 rings (SSSR count). The first-order valence-electron chi connectivity index (χ1n) is 9.82. The van der Waals surface area contributed by atoms with Crippen LogP contribution in [0.25, 0.3) is 22.2 Å². The fourth-order valence-corrected chi connectivity index (χ4v) is 3.81. The Balaban J connectivity index is 1.76. The molecule has 0 saturated carbocycles. The largest absolute Gasteiger partial charge is 0.497 e. The van der Waals surface area contributed by atoms with Gasteiger partial charge in [-0.3, -0.25) is 9.59 Å². The predicted octanol–water partition coefficient (Wildman–Crippen LogP) is 3.61. The zero-order valence-corrected chi connectivity index (χ0v) is 17.9. The molecule has 0 bridgehead atoms. The summed E-state index contributed by atoms with van der Waals surface area (Å²) in [5.41, 5.74) is 3.26. The normalized spacial score (nSPS) is 11.0. The van der Waals surface area contributed by atoms with Crippen molar-refractivity contribution in [2.75, 3.05) is 14.2 Å². The van der Waals surface area contributed by atoms with Crippen LogP contribution in [0.1, 0.15) is 16.1 Å². The molecule has 2 heterocycles. The lowest BCUT2D eigenvalue weighted by molar-refractivity contribution is 0.0966. The van der Waals surface area contributed by atoms with Crippen LogP contribution in [-0.4, -0.2) is 34.4 Å². The summed E-state index contributed by atoms with van der Waals surface area (Å²) in [6, 6.07) is 16.1. The highest BCUT2D eigenvalue weighted by molar-refractivity contribution is 6.09. The third-order valence-corrected chi connectivity index (χ3v) is 5.52. The molecule has 0 amide bonds. The smallest absolute Gasteiger partial charge is 0.267 e. The molecule has 2 aromatic carbocycles. The van der Waals surface area contributed by atoms with E-state index < -0.39 is 0 Å². The fraction of sp³-hybridized carbons (Fsp3) is 0.208. The van der Waals surface area contributed by atoms with Crippen LogP contribution < -0.4 is 15.0 Å². The summed E-state index contributed by atoms with van der Waals surface area (Å²) in [6.45, 7) is 1.72. The van der Waals surface area contributed by atoms with E-state index in [4.69, 9.17) is 9.47 Å². The van der Waals surface area contributed by atoms with Crippen LogP contribution in [0.3, 0.4) is 0 Å². The van der Waals surface area contributed by atoms with Gasteiger partial charge in [0.05, 0.1) is 19.9 Å². The van der Waals surface area contributed by atoms with Gasteiger partial charge in [-0.1, -0.05) is 12.1 Å². The van der Waals surface area contributed by atoms with Crippen LogP contribution in [0.15, 0.2) is 59.4 Å². The van der Waals surface area contributed by atoms with Gasteiger partial charge in [-0.15, -0.1) is 0 Å². The molecule has 0 radical (unpaired) electrons. The summed E-state index contributed by atoms with van der Waals surface area (Å²) in [5, 5.41) is 5.23. The van der Waals surface area contributed by atoms with E-state index in [-0.39, 0.29) is 17.9 Å². The molecule has 0 aliphatic carbocycles. The van der Waals surface area contributed by atoms with Gasteiger partial charge in [0.2, 0.25) is 0 Å². The summed E-state index contributed by atoms with van der Waals surface area (Å²) >= 11 is 0. The van der Waals surface area contributed by atoms with E-state index in [0.717, 1.165) is 22.2 Å². The summed E-state index contributed by atoms with van der Waals surface area (Å²) < 4.78 is 13.9. The number of hydrogen-bond acceptors (Lipinski definition) is 5. The standard InChI is InChI=1S/C24H23N3O4/c1-15-24(18-13-16(30-3)9-11-20(18)26(15)2)21(28)14-27-23(29)12-10-19(25-27)17-7-5-6-8-22(17)31-4/h5-13H,14H2,1-4H3. The van der Waals surface area contributed by atoms with Crippen LogP contribution in [0.2, 0.25) is 0 Å². The van der Waals surface area contributed by atoms with Gasteiger partial charge in [0.25, 0.3) is 5.56 Å². The van der Waals surface area contributed by atoms with Gasteiger partial charge in [-0.2, -0.15) is 5.10 Å². The van der Waals surface area contributed by atoms with Crippen LogP contribution in [0.4, 0.5) is 0 Å². The zero-order valence-electron chi connectivity index (χ0n) is 17.9. The summed E-state index contributed by atoms with van der Waals surface area (Å²) in [7, 11) is 5.08. The van der Waals surface area contributed by atoms with Gasteiger partial charge < -0.3 is 14.0 Å². The Hall–Kier alpha value is -3.87. The molecule has 2 aromatic heterocycles. The number of rotatable bonds is 6. The SMILES string of the molecule is COc1ccc2c(c1)c(C(=O)Cn1nc(-c3ccccc3OC)ccc1=O)c(C)n2C. The monoisotopic (exact) mass is 417 g/mol. The lowest BCUT2D eigenvalue weighted by Gasteiger charge is -2.10. The van der Waals surface area contributed by atoms with Crippen molar-refractivity contribution in [2.45, 2.75) is 13.5 Å². The van der Waals surface area contributed by atoms with E-state index in [1.807, 2.05) is 61.0 Å². The second-order valence-electron chi connectivity index (χ2n) is 7.24. The number of aryl methyl sites for hydroxylation is 1. The maximum atomic E-state index is 13.3.